The van der Waals surface area contributed by atoms with Gasteiger partial charge >= 0.3 is 0 Å². The van der Waals surface area contributed by atoms with Gasteiger partial charge < -0.3 is 10.6 Å². The molecule has 0 saturated carbocycles. The van der Waals surface area contributed by atoms with Crippen LogP contribution in [0.4, 0.5) is 5.69 Å². The van der Waals surface area contributed by atoms with Crippen LogP contribution in [-0.4, -0.2) is 23.9 Å². The van der Waals surface area contributed by atoms with Gasteiger partial charge in [-0.2, -0.15) is 0 Å². The maximum absolute atomic E-state index is 11.8. The monoisotopic (exact) mass is 206 g/mol. The van der Waals surface area contributed by atoms with Gasteiger partial charge in [0.25, 0.3) is 0 Å². The summed E-state index contributed by atoms with van der Waals surface area (Å²) in [7, 11) is 1.82. The first kappa shape index (κ1) is 11.6. The van der Waals surface area contributed by atoms with Crippen molar-refractivity contribution in [2.24, 2.45) is 0 Å². The molecular formula is C12H18N2O. The number of amides is 1. The van der Waals surface area contributed by atoms with Crippen LogP contribution >= 0.6 is 0 Å². The summed E-state index contributed by atoms with van der Waals surface area (Å²) in [5.41, 5.74) is 7.31. The molecule has 0 unspecified atom stereocenters. The maximum Gasteiger partial charge on any atom is 0.226 e. The number of benzene rings is 1. The van der Waals surface area contributed by atoms with Gasteiger partial charge in [-0.1, -0.05) is 12.1 Å². The highest BCUT2D eigenvalue weighted by molar-refractivity contribution is 5.79. The van der Waals surface area contributed by atoms with E-state index in [-0.39, 0.29) is 11.9 Å². The molecule has 1 rings (SSSR count). The van der Waals surface area contributed by atoms with E-state index in [1.54, 1.807) is 4.90 Å². The number of nitrogens with two attached hydrogens (primary N) is 1. The van der Waals surface area contributed by atoms with E-state index in [1.165, 1.54) is 0 Å². The van der Waals surface area contributed by atoms with Gasteiger partial charge in [0, 0.05) is 18.8 Å². The average Bonchev–Trinajstić information content (AvgIpc) is 2.16. The van der Waals surface area contributed by atoms with Crippen LogP contribution in [0.25, 0.3) is 0 Å². The molecule has 0 fully saturated rings. The van der Waals surface area contributed by atoms with Gasteiger partial charge in [-0.3, -0.25) is 4.79 Å². The Balaban J connectivity index is 2.66. The first-order chi connectivity index (χ1) is 7.00. The van der Waals surface area contributed by atoms with Gasteiger partial charge in [-0.25, -0.2) is 0 Å². The third-order valence-electron chi connectivity index (χ3n) is 2.47. The largest absolute Gasteiger partial charge is 0.399 e. The van der Waals surface area contributed by atoms with E-state index in [0.717, 1.165) is 5.56 Å². The summed E-state index contributed by atoms with van der Waals surface area (Å²) in [5, 5.41) is 0. The van der Waals surface area contributed by atoms with Crippen molar-refractivity contribution in [2.45, 2.75) is 26.3 Å². The van der Waals surface area contributed by atoms with E-state index >= 15 is 0 Å². The molecule has 0 atom stereocenters. The Labute approximate surface area is 90.9 Å². The summed E-state index contributed by atoms with van der Waals surface area (Å²) in [6.45, 7) is 3.99. The molecule has 0 bridgehead atoms. The lowest BCUT2D eigenvalue weighted by Crippen LogP contribution is -2.34. The summed E-state index contributed by atoms with van der Waals surface area (Å²) in [4.78, 5) is 13.5. The Bertz CT molecular complexity index is 347. The smallest absolute Gasteiger partial charge is 0.226 e. The van der Waals surface area contributed by atoms with Crippen LogP contribution in [0.15, 0.2) is 24.3 Å². The van der Waals surface area contributed by atoms with Gasteiger partial charge in [0.1, 0.15) is 0 Å². The highest BCUT2D eigenvalue weighted by atomic mass is 16.2. The molecule has 0 heterocycles. The highest BCUT2D eigenvalue weighted by Gasteiger charge is 2.12. The van der Waals surface area contributed by atoms with Crippen molar-refractivity contribution in [3.8, 4) is 0 Å². The van der Waals surface area contributed by atoms with Gasteiger partial charge in [-0.05, 0) is 31.5 Å². The van der Waals surface area contributed by atoms with Crippen molar-refractivity contribution in [1.82, 2.24) is 4.90 Å². The third-order valence-corrected chi connectivity index (χ3v) is 2.47. The molecule has 0 spiro atoms. The number of anilines is 1. The number of carbonyl (C=O) groups excluding carboxylic acids is 1. The summed E-state index contributed by atoms with van der Waals surface area (Å²) in [6, 6.07) is 7.68. The number of nitrogen functional groups attached to an aromatic ring is 1. The molecule has 2 N–H and O–H groups in total. The normalized spacial score (nSPS) is 10.4. The fourth-order valence-corrected chi connectivity index (χ4v) is 1.29. The van der Waals surface area contributed by atoms with Crippen molar-refractivity contribution in [3.63, 3.8) is 0 Å². The summed E-state index contributed by atoms with van der Waals surface area (Å²) < 4.78 is 0. The number of nitrogens with zero attached hydrogens (tertiary/aromatic N) is 1. The topological polar surface area (TPSA) is 46.3 Å². The lowest BCUT2D eigenvalue weighted by atomic mass is 10.1. The van der Waals surface area contributed by atoms with Gasteiger partial charge in [0.05, 0.1) is 6.42 Å². The standard InChI is InChI=1S/C12H18N2O/c1-9(2)14(3)12(15)8-10-5-4-6-11(13)7-10/h4-7,9H,8,13H2,1-3H3. The molecule has 0 aliphatic rings. The van der Waals surface area contributed by atoms with Crippen molar-refractivity contribution in [2.75, 3.05) is 12.8 Å². The quantitative estimate of drug-likeness (QED) is 0.765. The lowest BCUT2D eigenvalue weighted by molar-refractivity contribution is -0.130. The van der Waals surface area contributed by atoms with E-state index in [1.807, 2.05) is 45.2 Å². The van der Waals surface area contributed by atoms with Crippen LogP contribution in [0.5, 0.6) is 0 Å². The second-order valence-corrected chi connectivity index (χ2v) is 4.02. The maximum atomic E-state index is 11.8. The molecule has 0 aliphatic heterocycles. The van der Waals surface area contributed by atoms with Crippen LogP contribution in [-0.2, 0) is 11.2 Å². The van der Waals surface area contributed by atoms with Crippen LogP contribution in [0, 0.1) is 0 Å². The number of likely N-dealkylation sites (N-methyl/N-ethyl adjacent to an activating group) is 1. The number of hydrogen-bond acceptors (Lipinski definition) is 2. The number of hydrogen-bond donors (Lipinski definition) is 1. The first-order valence-electron chi connectivity index (χ1n) is 5.10. The Hall–Kier alpha value is -1.51. The average molecular weight is 206 g/mol. The van der Waals surface area contributed by atoms with E-state index in [9.17, 15) is 4.79 Å². The van der Waals surface area contributed by atoms with Crippen molar-refractivity contribution < 1.29 is 4.79 Å². The fraction of sp³-hybridized carbons (Fsp3) is 0.417. The minimum absolute atomic E-state index is 0.121. The zero-order valence-corrected chi connectivity index (χ0v) is 9.53. The van der Waals surface area contributed by atoms with Gasteiger partial charge in [0.15, 0.2) is 0 Å². The van der Waals surface area contributed by atoms with Gasteiger partial charge in [0.2, 0.25) is 5.91 Å². The third kappa shape index (κ3) is 3.27. The second-order valence-electron chi connectivity index (χ2n) is 4.02. The van der Waals surface area contributed by atoms with Gasteiger partial charge in [-0.15, -0.1) is 0 Å². The van der Waals surface area contributed by atoms with Crippen LogP contribution in [0.1, 0.15) is 19.4 Å². The minimum Gasteiger partial charge on any atom is -0.399 e. The molecule has 3 nitrogen and oxygen atoms in total. The van der Waals surface area contributed by atoms with E-state index in [2.05, 4.69) is 0 Å². The first-order valence-corrected chi connectivity index (χ1v) is 5.10. The molecular weight excluding hydrogens is 188 g/mol. The molecule has 1 aromatic carbocycles. The van der Waals surface area contributed by atoms with Crippen LogP contribution in [0.2, 0.25) is 0 Å². The highest BCUT2D eigenvalue weighted by Crippen LogP contribution is 2.09. The zero-order chi connectivity index (χ0) is 11.4. The summed E-state index contributed by atoms with van der Waals surface area (Å²) in [5.74, 6) is 0.121. The zero-order valence-electron chi connectivity index (χ0n) is 9.53. The molecule has 1 amide bonds. The molecule has 0 saturated heterocycles. The van der Waals surface area contributed by atoms with E-state index < -0.39 is 0 Å². The molecule has 82 valence electrons. The Morgan fingerprint density at radius 1 is 1.47 bits per heavy atom. The van der Waals surface area contributed by atoms with E-state index in [4.69, 9.17) is 5.73 Å². The van der Waals surface area contributed by atoms with Crippen LogP contribution < -0.4 is 5.73 Å². The van der Waals surface area contributed by atoms with Crippen molar-refractivity contribution in [3.05, 3.63) is 29.8 Å². The predicted octanol–water partition coefficient (Wildman–Crippen LogP) is 1.68. The lowest BCUT2D eigenvalue weighted by Gasteiger charge is -2.21. The molecule has 15 heavy (non-hydrogen) atoms. The Kier molecular flexibility index (Phi) is 3.72. The summed E-state index contributed by atoms with van der Waals surface area (Å²) in [6.07, 6.45) is 0.416. The predicted molar refractivity (Wildman–Crippen MR) is 62.5 cm³/mol. The number of carbonyl (C=O) groups is 1. The Morgan fingerprint density at radius 2 is 2.13 bits per heavy atom. The minimum atomic E-state index is 0.121. The van der Waals surface area contributed by atoms with Crippen molar-refractivity contribution in [1.29, 1.82) is 0 Å². The Morgan fingerprint density at radius 3 is 2.67 bits per heavy atom. The van der Waals surface area contributed by atoms with Crippen molar-refractivity contribution >= 4 is 11.6 Å². The fourth-order valence-electron chi connectivity index (χ4n) is 1.29. The molecule has 1 aromatic rings. The van der Waals surface area contributed by atoms with Crippen LogP contribution in [0.3, 0.4) is 0 Å². The SMILES string of the molecule is CC(C)N(C)C(=O)Cc1cccc(N)c1. The van der Waals surface area contributed by atoms with E-state index in [0.29, 0.717) is 12.1 Å². The second kappa shape index (κ2) is 4.82. The summed E-state index contributed by atoms with van der Waals surface area (Å²) >= 11 is 0. The number of rotatable bonds is 3. The molecule has 3 heteroatoms. The molecule has 0 radical (unpaired) electrons. The molecule has 0 aromatic heterocycles. The molecule has 0 aliphatic carbocycles.